The Labute approximate surface area is 167 Å². The number of carbonyl (C=O) groups is 2. The first-order valence-electron chi connectivity index (χ1n) is 8.47. The minimum absolute atomic E-state index is 0.0589. The van der Waals surface area contributed by atoms with Crippen molar-refractivity contribution < 1.29 is 27.6 Å². The van der Waals surface area contributed by atoms with Gasteiger partial charge >= 0.3 is 6.16 Å². The number of nitriles is 1. The number of hydrogen-bond acceptors (Lipinski definition) is 8. The molecule has 1 aromatic carbocycles. The van der Waals surface area contributed by atoms with Crippen LogP contribution in [-0.2, 0) is 24.2 Å². The number of halogens is 1. The summed E-state index contributed by atoms with van der Waals surface area (Å²) in [6.07, 6.45) is -0.171. The summed E-state index contributed by atoms with van der Waals surface area (Å²) in [6.45, 7) is -0.236. The fraction of sp³-hybridized carbons (Fsp3) is 0.471. The summed E-state index contributed by atoms with van der Waals surface area (Å²) in [6, 6.07) is 6.94. The first-order valence-corrected chi connectivity index (χ1v) is 10.4. The van der Waals surface area contributed by atoms with Crippen LogP contribution < -0.4 is 5.32 Å². The van der Waals surface area contributed by atoms with Crippen molar-refractivity contribution in [3.05, 3.63) is 29.3 Å². The van der Waals surface area contributed by atoms with E-state index in [1.807, 2.05) is 6.07 Å². The number of carbonyl (C=O) groups excluding carboxylic acids is 2. The van der Waals surface area contributed by atoms with E-state index in [9.17, 15) is 18.0 Å². The van der Waals surface area contributed by atoms with E-state index < -0.39 is 38.7 Å². The first kappa shape index (κ1) is 20.4. The molecule has 1 amide bonds. The predicted molar refractivity (Wildman–Crippen MR) is 96.7 cm³/mol. The second-order valence-electron chi connectivity index (χ2n) is 6.68. The fourth-order valence-corrected chi connectivity index (χ4v) is 5.23. The number of methoxy groups -OCH3 is 1. The standard InChI is InChI=1S/C17H18ClN3O6S/c1-26-16(23)27-21-9-11(28(24,25)14-5-3-2-4-12(14)18)8-13(21)15(22)20-17(10-19)6-7-17/h2-5,11,13H,6-9H2,1H3,(H,20,22)/t11-,13+/m1/s1. The maximum atomic E-state index is 13.0. The Morgan fingerprint density at radius 3 is 2.61 bits per heavy atom. The number of benzene rings is 1. The summed E-state index contributed by atoms with van der Waals surface area (Å²) >= 11 is 6.03. The van der Waals surface area contributed by atoms with Crippen molar-refractivity contribution in [2.24, 2.45) is 0 Å². The molecule has 2 fully saturated rings. The van der Waals surface area contributed by atoms with Gasteiger partial charge in [0.2, 0.25) is 5.91 Å². The molecule has 1 aliphatic heterocycles. The van der Waals surface area contributed by atoms with Gasteiger partial charge in [0.25, 0.3) is 0 Å². The van der Waals surface area contributed by atoms with Gasteiger partial charge in [-0.25, -0.2) is 13.2 Å². The molecular weight excluding hydrogens is 410 g/mol. The van der Waals surface area contributed by atoms with Crippen molar-refractivity contribution in [3.63, 3.8) is 0 Å². The Kier molecular flexibility index (Phi) is 5.52. The molecule has 1 heterocycles. The minimum Gasteiger partial charge on any atom is -0.436 e. The maximum Gasteiger partial charge on any atom is 0.527 e. The Morgan fingerprint density at radius 2 is 2.04 bits per heavy atom. The predicted octanol–water partition coefficient (Wildman–Crippen LogP) is 1.43. The van der Waals surface area contributed by atoms with Crippen molar-refractivity contribution >= 4 is 33.5 Å². The molecule has 1 saturated heterocycles. The molecule has 1 aromatic rings. The van der Waals surface area contributed by atoms with Crippen LogP contribution in [0.4, 0.5) is 4.79 Å². The number of ether oxygens (including phenoxy) is 1. The SMILES string of the molecule is COC(=O)ON1C[C@H](S(=O)(=O)c2ccccc2Cl)C[C@H]1C(=O)NC1(C#N)CC1. The number of sulfone groups is 1. The molecular formula is C17H18ClN3O6S. The zero-order chi connectivity index (χ0) is 20.5. The van der Waals surface area contributed by atoms with Crippen LogP contribution in [0.15, 0.2) is 29.2 Å². The van der Waals surface area contributed by atoms with Gasteiger partial charge in [-0.05, 0) is 31.4 Å². The number of amides is 1. The van der Waals surface area contributed by atoms with Gasteiger partial charge < -0.3 is 14.9 Å². The van der Waals surface area contributed by atoms with Crippen LogP contribution in [0.3, 0.4) is 0 Å². The van der Waals surface area contributed by atoms with Crippen molar-refractivity contribution in [2.75, 3.05) is 13.7 Å². The maximum absolute atomic E-state index is 13.0. The Hall–Kier alpha value is -2.35. The number of rotatable bonds is 5. The highest BCUT2D eigenvalue weighted by Crippen LogP contribution is 2.36. The van der Waals surface area contributed by atoms with Crippen LogP contribution in [0.5, 0.6) is 0 Å². The van der Waals surface area contributed by atoms with E-state index in [0.29, 0.717) is 12.8 Å². The fourth-order valence-electron chi connectivity index (χ4n) is 3.03. The zero-order valence-corrected chi connectivity index (χ0v) is 16.5. The van der Waals surface area contributed by atoms with Crippen LogP contribution >= 0.6 is 11.6 Å². The molecule has 1 aliphatic carbocycles. The third-order valence-corrected chi connectivity index (χ3v) is 7.42. The van der Waals surface area contributed by atoms with Crippen LogP contribution in [0.2, 0.25) is 5.02 Å². The molecule has 0 bridgehead atoms. The Bertz CT molecular complexity index is 940. The average Bonchev–Trinajstić information content (AvgIpc) is 3.30. The average molecular weight is 428 g/mol. The highest BCUT2D eigenvalue weighted by atomic mass is 35.5. The van der Waals surface area contributed by atoms with Crippen LogP contribution in [0.25, 0.3) is 0 Å². The van der Waals surface area contributed by atoms with E-state index in [1.165, 1.54) is 12.1 Å². The van der Waals surface area contributed by atoms with Crippen molar-refractivity contribution in [3.8, 4) is 6.07 Å². The monoisotopic (exact) mass is 427 g/mol. The summed E-state index contributed by atoms with van der Waals surface area (Å²) in [7, 11) is -2.80. The van der Waals surface area contributed by atoms with Crippen LogP contribution in [0.1, 0.15) is 19.3 Å². The van der Waals surface area contributed by atoms with Crippen molar-refractivity contribution in [1.82, 2.24) is 10.4 Å². The van der Waals surface area contributed by atoms with Gasteiger partial charge in [0.15, 0.2) is 9.84 Å². The second kappa shape index (κ2) is 7.58. The summed E-state index contributed by atoms with van der Waals surface area (Å²) in [4.78, 5) is 29.1. The normalized spacial score (nSPS) is 23.5. The topological polar surface area (TPSA) is 126 Å². The molecule has 2 atom stereocenters. The minimum atomic E-state index is -3.90. The molecule has 0 unspecified atom stereocenters. The third kappa shape index (κ3) is 3.92. The number of nitrogens with zero attached hydrogens (tertiary/aromatic N) is 2. The smallest absolute Gasteiger partial charge is 0.436 e. The van der Waals surface area contributed by atoms with Crippen molar-refractivity contribution in [1.29, 1.82) is 5.26 Å². The highest BCUT2D eigenvalue weighted by molar-refractivity contribution is 7.92. The molecule has 1 N–H and O–H groups in total. The van der Waals surface area contributed by atoms with Gasteiger partial charge in [0.05, 0.1) is 34.9 Å². The van der Waals surface area contributed by atoms with Crippen molar-refractivity contribution in [2.45, 2.75) is 41.0 Å². The quantitative estimate of drug-likeness (QED) is 0.699. The highest BCUT2D eigenvalue weighted by Gasteiger charge is 2.50. The Balaban J connectivity index is 1.85. The number of hydrogen-bond donors (Lipinski definition) is 1. The van der Waals surface area contributed by atoms with Gasteiger partial charge in [-0.15, -0.1) is 5.06 Å². The van der Waals surface area contributed by atoms with E-state index in [2.05, 4.69) is 10.1 Å². The lowest BCUT2D eigenvalue weighted by Gasteiger charge is -2.22. The van der Waals surface area contributed by atoms with Crippen LogP contribution in [-0.4, -0.2) is 56.0 Å². The van der Waals surface area contributed by atoms with Crippen LogP contribution in [0, 0.1) is 11.3 Å². The van der Waals surface area contributed by atoms with E-state index in [1.54, 1.807) is 12.1 Å². The summed E-state index contributed by atoms with van der Waals surface area (Å²) in [5.74, 6) is -0.584. The van der Waals surface area contributed by atoms with Gasteiger partial charge in [-0.1, -0.05) is 23.7 Å². The molecule has 1 saturated carbocycles. The van der Waals surface area contributed by atoms with E-state index >= 15 is 0 Å². The molecule has 3 rings (SSSR count). The number of nitrogens with one attached hydrogen (secondary N) is 1. The molecule has 11 heteroatoms. The zero-order valence-electron chi connectivity index (χ0n) is 14.9. The number of hydroxylamine groups is 2. The largest absolute Gasteiger partial charge is 0.527 e. The lowest BCUT2D eigenvalue weighted by atomic mass is 10.2. The second-order valence-corrected chi connectivity index (χ2v) is 9.28. The summed E-state index contributed by atoms with van der Waals surface area (Å²) < 4.78 is 30.5. The van der Waals surface area contributed by atoms with E-state index in [4.69, 9.17) is 21.7 Å². The Morgan fingerprint density at radius 1 is 1.36 bits per heavy atom. The first-order chi connectivity index (χ1) is 13.2. The molecule has 150 valence electrons. The molecule has 0 aromatic heterocycles. The van der Waals surface area contributed by atoms with Gasteiger partial charge in [0, 0.05) is 0 Å². The lowest BCUT2D eigenvalue weighted by molar-refractivity contribution is -0.154. The lowest BCUT2D eigenvalue weighted by Crippen LogP contribution is -2.48. The third-order valence-electron chi connectivity index (χ3n) is 4.79. The molecule has 2 aliphatic rings. The molecule has 0 radical (unpaired) electrons. The van der Waals surface area contributed by atoms with E-state index in [-0.39, 0.29) is 22.9 Å². The van der Waals surface area contributed by atoms with Gasteiger partial charge in [-0.3, -0.25) is 4.79 Å². The van der Waals surface area contributed by atoms with Gasteiger partial charge in [0.1, 0.15) is 11.6 Å². The molecule has 28 heavy (non-hydrogen) atoms. The summed E-state index contributed by atoms with van der Waals surface area (Å²) in [5.41, 5.74) is -0.937. The molecule has 0 spiro atoms. The van der Waals surface area contributed by atoms with E-state index in [0.717, 1.165) is 12.2 Å². The molecule has 9 nitrogen and oxygen atoms in total. The van der Waals surface area contributed by atoms with Gasteiger partial charge in [-0.2, -0.15) is 5.26 Å². The summed E-state index contributed by atoms with van der Waals surface area (Å²) in [5, 5.41) is 11.8.